The summed E-state index contributed by atoms with van der Waals surface area (Å²) in [6.07, 6.45) is 0.320. The Hall–Kier alpha value is -2.74. The number of hydrogen-bond donors (Lipinski definition) is 3. The molecule has 1 atom stereocenters. The van der Waals surface area contributed by atoms with E-state index in [1.807, 2.05) is 0 Å². The number of nitrogens with two attached hydrogens (primary N) is 2. The predicted molar refractivity (Wildman–Crippen MR) is 81.0 cm³/mol. The number of benzene rings is 1. The largest absolute Gasteiger partial charge is 0.493 e. The van der Waals surface area contributed by atoms with Gasteiger partial charge in [-0.25, -0.2) is 4.98 Å². The van der Waals surface area contributed by atoms with Gasteiger partial charge < -0.3 is 30.8 Å². The third-order valence-electron chi connectivity index (χ3n) is 3.16. The van der Waals surface area contributed by atoms with Crippen molar-refractivity contribution in [3.05, 3.63) is 29.5 Å². The molecule has 0 aliphatic heterocycles. The van der Waals surface area contributed by atoms with Crippen LogP contribution >= 0.6 is 0 Å². The minimum absolute atomic E-state index is 0.0401. The number of nitrogen functional groups attached to an aromatic ring is 2. The third kappa shape index (κ3) is 2.82. The summed E-state index contributed by atoms with van der Waals surface area (Å²) >= 11 is 0. The quantitative estimate of drug-likeness (QED) is 0.738. The Morgan fingerprint density at radius 2 is 1.64 bits per heavy atom. The molecule has 1 heterocycles. The van der Waals surface area contributed by atoms with Crippen LogP contribution in [-0.4, -0.2) is 36.4 Å². The van der Waals surface area contributed by atoms with Gasteiger partial charge in [0.1, 0.15) is 11.9 Å². The van der Waals surface area contributed by atoms with Crippen LogP contribution in [0.25, 0.3) is 0 Å². The summed E-state index contributed by atoms with van der Waals surface area (Å²) in [5, 5.41) is 10.5. The van der Waals surface area contributed by atoms with Crippen LogP contribution in [0, 0.1) is 0 Å². The second-order valence-corrected chi connectivity index (χ2v) is 4.43. The lowest BCUT2D eigenvalue weighted by Crippen LogP contribution is -2.09. The molecular weight excluding hydrogens is 288 g/mol. The van der Waals surface area contributed by atoms with E-state index < -0.39 is 6.10 Å². The fraction of sp³-hybridized carbons (Fsp3) is 0.286. The highest BCUT2D eigenvalue weighted by molar-refractivity contribution is 5.56. The molecule has 1 aromatic carbocycles. The highest BCUT2D eigenvalue weighted by Crippen LogP contribution is 2.41. The van der Waals surface area contributed by atoms with Crippen LogP contribution in [0.3, 0.4) is 0 Å². The predicted octanol–water partition coefficient (Wildman–Crippen LogP) is 0.748. The maximum Gasteiger partial charge on any atom is 0.221 e. The first kappa shape index (κ1) is 15.6. The summed E-state index contributed by atoms with van der Waals surface area (Å²) in [6, 6.07) is 3.25. The minimum Gasteiger partial charge on any atom is -0.493 e. The molecule has 0 radical (unpaired) electrons. The molecule has 0 aliphatic rings. The zero-order valence-corrected chi connectivity index (χ0v) is 12.5. The lowest BCUT2D eigenvalue weighted by atomic mass is 10.0. The summed E-state index contributed by atoms with van der Waals surface area (Å²) < 4.78 is 15.8. The van der Waals surface area contributed by atoms with E-state index in [0.29, 0.717) is 28.4 Å². The van der Waals surface area contributed by atoms with Crippen molar-refractivity contribution in [1.29, 1.82) is 0 Å². The molecule has 118 valence electrons. The van der Waals surface area contributed by atoms with Crippen molar-refractivity contribution in [2.45, 2.75) is 6.10 Å². The van der Waals surface area contributed by atoms with Gasteiger partial charge in [-0.15, -0.1) is 0 Å². The molecule has 1 aromatic heterocycles. The number of nitrogens with zero attached hydrogens (tertiary/aromatic N) is 2. The zero-order chi connectivity index (χ0) is 16.3. The summed E-state index contributed by atoms with van der Waals surface area (Å²) in [5.74, 6) is 1.42. The van der Waals surface area contributed by atoms with E-state index in [4.69, 9.17) is 25.7 Å². The maximum atomic E-state index is 10.5. The van der Waals surface area contributed by atoms with E-state index in [1.54, 1.807) is 12.1 Å². The molecule has 0 amide bonds. The molecule has 0 bridgehead atoms. The van der Waals surface area contributed by atoms with E-state index in [9.17, 15) is 5.11 Å². The van der Waals surface area contributed by atoms with E-state index in [-0.39, 0.29) is 11.8 Å². The molecule has 0 unspecified atom stereocenters. The molecule has 2 rings (SSSR count). The Kier molecular flexibility index (Phi) is 4.52. The molecule has 0 saturated carbocycles. The second kappa shape index (κ2) is 6.35. The van der Waals surface area contributed by atoms with Crippen molar-refractivity contribution in [2.24, 2.45) is 0 Å². The van der Waals surface area contributed by atoms with Gasteiger partial charge in [-0.05, 0) is 17.7 Å². The van der Waals surface area contributed by atoms with Crippen molar-refractivity contribution >= 4 is 11.8 Å². The number of methoxy groups -OCH3 is 3. The van der Waals surface area contributed by atoms with Gasteiger partial charge >= 0.3 is 0 Å². The van der Waals surface area contributed by atoms with Gasteiger partial charge in [-0.2, -0.15) is 4.98 Å². The average molecular weight is 306 g/mol. The van der Waals surface area contributed by atoms with Gasteiger partial charge in [-0.3, -0.25) is 0 Å². The van der Waals surface area contributed by atoms with Crippen LogP contribution in [-0.2, 0) is 0 Å². The molecular formula is C14H18N4O4. The fourth-order valence-electron chi connectivity index (χ4n) is 2.07. The van der Waals surface area contributed by atoms with Gasteiger partial charge in [0.05, 0.1) is 21.3 Å². The second-order valence-electron chi connectivity index (χ2n) is 4.43. The van der Waals surface area contributed by atoms with Gasteiger partial charge in [0.15, 0.2) is 11.5 Å². The van der Waals surface area contributed by atoms with Gasteiger partial charge in [0.25, 0.3) is 0 Å². The number of rotatable bonds is 5. The third-order valence-corrected chi connectivity index (χ3v) is 3.16. The molecule has 5 N–H and O–H groups in total. The smallest absolute Gasteiger partial charge is 0.221 e. The average Bonchev–Trinajstić information content (AvgIpc) is 2.52. The number of aliphatic hydroxyl groups excluding tert-OH is 1. The number of aliphatic hydroxyl groups is 1. The molecule has 0 aliphatic carbocycles. The van der Waals surface area contributed by atoms with E-state index in [1.165, 1.54) is 27.5 Å². The Morgan fingerprint density at radius 1 is 1.05 bits per heavy atom. The van der Waals surface area contributed by atoms with Crippen LogP contribution in [0.4, 0.5) is 11.8 Å². The lowest BCUT2D eigenvalue weighted by molar-refractivity contribution is 0.218. The highest BCUT2D eigenvalue weighted by Gasteiger charge is 2.20. The first-order chi connectivity index (χ1) is 10.5. The number of anilines is 2. The van der Waals surface area contributed by atoms with Crippen molar-refractivity contribution < 1.29 is 19.3 Å². The highest BCUT2D eigenvalue weighted by atomic mass is 16.5. The Bertz CT molecular complexity index is 653. The molecule has 8 nitrogen and oxygen atoms in total. The van der Waals surface area contributed by atoms with Crippen molar-refractivity contribution in [3.8, 4) is 17.2 Å². The van der Waals surface area contributed by atoms with Crippen molar-refractivity contribution in [1.82, 2.24) is 9.97 Å². The Balaban J connectivity index is 2.51. The van der Waals surface area contributed by atoms with E-state index in [2.05, 4.69) is 9.97 Å². The number of aromatic nitrogens is 2. The minimum atomic E-state index is -1.06. The van der Waals surface area contributed by atoms with Crippen LogP contribution in [0.5, 0.6) is 17.2 Å². The van der Waals surface area contributed by atoms with Crippen LogP contribution in [0.15, 0.2) is 18.3 Å². The topological polar surface area (TPSA) is 126 Å². The normalized spacial score (nSPS) is 11.8. The first-order valence-electron chi connectivity index (χ1n) is 6.37. The summed E-state index contributed by atoms with van der Waals surface area (Å²) in [6.45, 7) is 0. The zero-order valence-electron chi connectivity index (χ0n) is 12.5. The summed E-state index contributed by atoms with van der Waals surface area (Å²) in [4.78, 5) is 7.68. The molecule has 0 spiro atoms. The summed E-state index contributed by atoms with van der Waals surface area (Å²) in [5.41, 5.74) is 12.1. The van der Waals surface area contributed by atoms with Crippen LogP contribution in [0.2, 0.25) is 0 Å². The lowest BCUT2D eigenvalue weighted by Gasteiger charge is -2.17. The van der Waals surface area contributed by atoms with Crippen molar-refractivity contribution in [3.63, 3.8) is 0 Å². The molecule has 22 heavy (non-hydrogen) atoms. The van der Waals surface area contributed by atoms with Gasteiger partial charge in [0, 0.05) is 11.8 Å². The SMILES string of the molecule is COc1cc([C@@H](O)c2cnc(N)nc2N)cc(OC)c1OC. The van der Waals surface area contributed by atoms with Crippen molar-refractivity contribution in [2.75, 3.05) is 32.8 Å². The summed E-state index contributed by atoms with van der Waals surface area (Å²) in [7, 11) is 4.49. The number of ether oxygens (including phenoxy) is 3. The molecule has 2 aromatic rings. The first-order valence-corrected chi connectivity index (χ1v) is 6.37. The van der Waals surface area contributed by atoms with E-state index in [0.717, 1.165) is 0 Å². The number of hydrogen-bond acceptors (Lipinski definition) is 8. The molecule has 0 fully saturated rings. The van der Waals surface area contributed by atoms with Crippen LogP contribution in [0.1, 0.15) is 17.2 Å². The van der Waals surface area contributed by atoms with Crippen LogP contribution < -0.4 is 25.7 Å². The molecule has 8 heteroatoms. The Morgan fingerprint density at radius 3 is 2.09 bits per heavy atom. The monoisotopic (exact) mass is 306 g/mol. The Labute approximate surface area is 127 Å². The fourth-order valence-corrected chi connectivity index (χ4v) is 2.07. The van der Waals surface area contributed by atoms with E-state index >= 15 is 0 Å². The molecule has 0 saturated heterocycles. The van der Waals surface area contributed by atoms with Gasteiger partial charge in [0.2, 0.25) is 11.7 Å². The standard InChI is InChI=1S/C14H18N4O4/c1-20-9-4-7(5-10(21-2)12(9)22-3)11(19)8-6-17-14(16)18-13(8)15/h4-6,11,19H,1-3H3,(H4,15,16,17,18)/t11-/m1/s1. The maximum absolute atomic E-state index is 10.5. The van der Waals surface area contributed by atoms with Gasteiger partial charge in [-0.1, -0.05) is 0 Å².